The van der Waals surface area contributed by atoms with Crippen molar-refractivity contribution >= 4 is 39.5 Å². The summed E-state index contributed by atoms with van der Waals surface area (Å²) in [6.45, 7) is 4.12. The lowest BCUT2D eigenvalue weighted by molar-refractivity contribution is 0.0714. The number of nitrogens with one attached hydrogen (secondary N) is 1. The number of halogens is 1. The van der Waals surface area contributed by atoms with Crippen LogP contribution in [0.15, 0.2) is 16.3 Å². The Morgan fingerprint density at radius 2 is 2.21 bits per heavy atom. The molecule has 1 amide bonds. The maximum atomic E-state index is 12.2. The Morgan fingerprint density at radius 1 is 1.53 bits per heavy atom. The van der Waals surface area contributed by atoms with Gasteiger partial charge in [-0.05, 0) is 13.0 Å². The van der Waals surface area contributed by atoms with Gasteiger partial charge in [-0.3, -0.25) is 4.79 Å². The Hall–Kier alpha value is -0.630. The number of sulfone groups is 1. The van der Waals surface area contributed by atoms with Gasteiger partial charge in [0.2, 0.25) is 0 Å². The van der Waals surface area contributed by atoms with Gasteiger partial charge in [0.25, 0.3) is 5.91 Å². The fourth-order valence-electron chi connectivity index (χ4n) is 1.90. The quantitative estimate of drug-likeness (QED) is 0.881. The second kappa shape index (κ2) is 6.21. The van der Waals surface area contributed by atoms with Crippen molar-refractivity contribution in [2.45, 2.75) is 17.9 Å². The number of hydrogen-bond donors (Lipinski definition) is 1. The lowest BCUT2D eigenvalue weighted by Crippen LogP contribution is -2.51. The smallest absolute Gasteiger partial charge is 0.264 e. The van der Waals surface area contributed by atoms with Gasteiger partial charge in [0, 0.05) is 37.3 Å². The van der Waals surface area contributed by atoms with Crippen molar-refractivity contribution in [1.29, 1.82) is 0 Å². The molecule has 0 bridgehead atoms. The lowest BCUT2D eigenvalue weighted by Gasteiger charge is -2.31. The lowest BCUT2D eigenvalue weighted by atomic mass is 10.2. The maximum absolute atomic E-state index is 12.2. The van der Waals surface area contributed by atoms with E-state index in [4.69, 9.17) is 0 Å². The van der Waals surface area contributed by atoms with Crippen LogP contribution in [0.5, 0.6) is 0 Å². The van der Waals surface area contributed by atoms with Gasteiger partial charge < -0.3 is 10.2 Å². The molecule has 0 saturated carbocycles. The summed E-state index contributed by atoms with van der Waals surface area (Å²) >= 11 is 1.19. The molecule has 0 aliphatic carbocycles. The van der Waals surface area contributed by atoms with Gasteiger partial charge in [0.1, 0.15) is 0 Å². The summed E-state index contributed by atoms with van der Waals surface area (Å²) in [5, 5.41) is 4.78. The predicted molar refractivity (Wildman–Crippen MR) is 78.0 cm³/mol. The van der Waals surface area contributed by atoms with Gasteiger partial charge in [-0.15, -0.1) is 23.7 Å². The van der Waals surface area contributed by atoms with Gasteiger partial charge in [-0.2, -0.15) is 0 Å². The molecule has 1 saturated heterocycles. The van der Waals surface area contributed by atoms with Gasteiger partial charge in [-0.1, -0.05) is 0 Å². The van der Waals surface area contributed by atoms with Crippen LogP contribution >= 0.6 is 23.7 Å². The second-order valence-corrected chi connectivity index (χ2v) is 7.45. The van der Waals surface area contributed by atoms with Crippen LogP contribution in [0.3, 0.4) is 0 Å². The first kappa shape index (κ1) is 16.4. The van der Waals surface area contributed by atoms with E-state index < -0.39 is 9.84 Å². The molecule has 1 N–H and O–H groups in total. The molecule has 0 unspecified atom stereocenters. The Bertz CT molecular complexity index is 556. The highest BCUT2D eigenvalue weighted by molar-refractivity contribution is 7.90. The summed E-state index contributed by atoms with van der Waals surface area (Å²) in [6, 6.07) is 1.74. The molecule has 1 aliphatic rings. The van der Waals surface area contributed by atoms with Crippen LogP contribution < -0.4 is 5.32 Å². The average Bonchev–Trinajstić information content (AvgIpc) is 2.77. The van der Waals surface area contributed by atoms with Crippen LogP contribution in [-0.2, 0) is 9.84 Å². The maximum Gasteiger partial charge on any atom is 0.264 e. The van der Waals surface area contributed by atoms with Gasteiger partial charge in [-0.25, -0.2) is 8.42 Å². The van der Waals surface area contributed by atoms with Crippen molar-refractivity contribution in [1.82, 2.24) is 10.2 Å². The molecule has 0 radical (unpaired) electrons. The number of piperazine rings is 1. The normalized spacial score (nSPS) is 19.9. The van der Waals surface area contributed by atoms with Crippen molar-refractivity contribution in [3.63, 3.8) is 0 Å². The zero-order chi connectivity index (χ0) is 13.3. The Kier molecular flexibility index (Phi) is 5.37. The zero-order valence-corrected chi connectivity index (χ0v) is 13.2. The molecular weight excluding hydrogens is 308 g/mol. The Balaban J connectivity index is 0.00000180. The van der Waals surface area contributed by atoms with Crippen molar-refractivity contribution in [3.8, 4) is 0 Å². The van der Waals surface area contributed by atoms with E-state index in [0.29, 0.717) is 18.0 Å². The molecule has 1 atom stereocenters. The average molecular weight is 325 g/mol. The van der Waals surface area contributed by atoms with Crippen molar-refractivity contribution < 1.29 is 13.2 Å². The zero-order valence-electron chi connectivity index (χ0n) is 10.8. The number of thiophene rings is 1. The standard InChI is InChI=1S/C11H16N2O3S2.ClH/c1-8-6-13(4-3-12-8)11(14)10-5-9(7-17-10)18(2,15)16;/h5,7-8,12H,3-4,6H2,1-2H3;1H/t8-;/m1./s1. The van der Waals surface area contributed by atoms with Crippen LogP contribution in [0.1, 0.15) is 16.6 Å². The minimum atomic E-state index is -3.23. The molecule has 1 aromatic heterocycles. The third kappa shape index (κ3) is 3.92. The van der Waals surface area contributed by atoms with Crippen LogP contribution in [0, 0.1) is 0 Å². The monoisotopic (exact) mass is 324 g/mol. The van der Waals surface area contributed by atoms with Crippen molar-refractivity contribution in [2.75, 3.05) is 25.9 Å². The van der Waals surface area contributed by atoms with Crippen LogP contribution in [0.2, 0.25) is 0 Å². The van der Waals surface area contributed by atoms with Crippen LogP contribution in [0.25, 0.3) is 0 Å². The predicted octanol–water partition coefficient (Wildman–Crippen LogP) is 1.01. The summed E-state index contributed by atoms with van der Waals surface area (Å²) in [4.78, 5) is 14.7. The topological polar surface area (TPSA) is 66.5 Å². The highest BCUT2D eigenvalue weighted by Crippen LogP contribution is 2.21. The van der Waals surface area contributed by atoms with Gasteiger partial charge >= 0.3 is 0 Å². The summed E-state index contributed by atoms with van der Waals surface area (Å²) in [5.74, 6) is -0.0803. The van der Waals surface area contributed by atoms with E-state index in [1.54, 1.807) is 4.90 Å². The Labute approximate surface area is 123 Å². The number of hydrogen-bond acceptors (Lipinski definition) is 5. The first-order valence-corrected chi connectivity index (χ1v) is 8.46. The summed E-state index contributed by atoms with van der Waals surface area (Å²) in [5.41, 5.74) is 0. The van der Waals surface area contributed by atoms with E-state index in [1.165, 1.54) is 22.8 Å². The van der Waals surface area contributed by atoms with E-state index in [9.17, 15) is 13.2 Å². The molecule has 5 nitrogen and oxygen atoms in total. The molecule has 108 valence electrons. The molecule has 2 rings (SSSR count). The molecular formula is C11H17ClN2O3S2. The highest BCUT2D eigenvalue weighted by atomic mass is 35.5. The highest BCUT2D eigenvalue weighted by Gasteiger charge is 2.23. The third-order valence-corrected chi connectivity index (χ3v) is 5.03. The van der Waals surface area contributed by atoms with Gasteiger partial charge in [0.05, 0.1) is 9.77 Å². The first-order chi connectivity index (χ1) is 8.38. The fraction of sp³-hybridized carbons (Fsp3) is 0.545. The SMILES string of the molecule is C[C@@H]1CN(C(=O)c2cc(S(C)(=O)=O)cs2)CCN1.Cl. The molecule has 0 spiro atoms. The van der Waals surface area contributed by atoms with Crippen molar-refractivity contribution in [2.24, 2.45) is 0 Å². The minimum Gasteiger partial charge on any atom is -0.335 e. The fourth-order valence-corrected chi connectivity index (χ4v) is 3.88. The van der Waals surface area contributed by atoms with E-state index in [1.807, 2.05) is 6.92 Å². The number of carbonyl (C=O) groups excluding carboxylic acids is 1. The summed E-state index contributed by atoms with van der Waals surface area (Å²) < 4.78 is 22.7. The minimum absolute atomic E-state index is 0. The summed E-state index contributed by atoms with van der Waals surface area (Å²) in [6.07, 6.45) is 1.15. The molecule has 19 heavy (non-hydrogen) atoms. The molecule has 8 heteroatoms. The number of rotatable bonds is 2. The molecule has 1 aromatic rings. The second-order valence-electron chi connectivity index (χ2n) is 4.53. The number of carbonyl (C=O) groups is 1. The number of nitrogens with zero attached hydrogens (tertiary/aromatic N) is 1. The van der Waals surface area contributed by atoms with Gasteiger partial charge in [0.15, 0.2) is 9.84 Å². The molecule has 0 aromatic carbocycles. The summed E-state index contributed by atoms with van der Waals surface area (Å²) in [7, 11) is -3.23. The van der Waals surface area contributed by atoms with Crippen molar-refractivity contribution in [3.05, 3.63) is 16.3 Å². The van der Waals surface area contributed by atoms with E-state index >= 15 is 0 Å². The number of amides is 1. The van der Waals surface area contributed by atoms with E-state index in [2.05, 4.69) is 5.32 Å². The van der Waals surface area contributed by atoms with E-state index in [0.717, 1.165) is 12.8 Å². The van der Waals surface area contributed by atoms with Crippen LogP contribution in [-0.4, -0.2) is 51.2 Å². The first-order valence-electron chi connectivity index (χ1n) is 5.69. The Morgan fingerprint density at radius 3 is 2.74 bits per heavy atom. The third-order valence-electron chi connectivity index (χ3n) is 2.87. The molecule has 2 heterocycles. The van der Waals surface area contributed by atoms with Crippen LogP contribution in [0.4, 0.5) is 0 Å². The molecule has 1 aliphatic heterocycles. The largest absolute Gasteiger partial charge is 0.335 e. The van der Waals surface area contributed by atoms with E-state index in [-0.39, 0.29) is 29.3 Å². The molecule has 1 fully saturated rings.